The first-order valence-corrected chi connectivity index (χ1v) is 9.22. The molecule has 0 aliphatic carbocycles. The summed E-state index contributed by atoms with van der Waals surface area (Å²) in [4.78, 5) is 25.8. The number of carbonyl (C=O) groups excluding carboxylic acids is 2. The van der Waals surface area contributed by atoms with Gasteiger partial charge in [0.15, 0.2) is 0 Å². The fourth-order valence-corrected chi connectivity index (χ4v) is 3.41. The molecule has 1 atom stereocenters. The van der Waals surface area contributed by atoms with E-state index in [2.05, 4.69) is 10.2 Å². The van der Waals surface area contributed by atoms with Crippen LogP contribution in [0, 0.1) is 5.92 Å². The third kappa shape index (κ3) is 4.71. The van der Waals surface area contributed by atoms with Crippen molar-refractivity contribution in [1.82, 2.24) is 5.32 Å². The summed E-state index contributed by atoms with van der Waals surface area (Å²) in [6, 6.07) is 12.2. The van der Waals surface area contributed by atoms with Crippen LogP contribution in [-0.2, 0) is 11.3 Å². The SMILES string of the molecule is NC(=O)[C@H]1CCCN(c2ccc(CNC(=O)c3cc(Cl)ccc3O)cc2)C1. The first kappa shape index (κ1) is 19.0. The van der Waals surface area contributed by atoms with E-state index in [9.17, 15) is 14.7 Å². The lowest BCUT2D eigenvalue weighted by atomic mass is 9.97. The molecule has 0 aromatic heterocycles. The number of phenols is 1. The van der Waals surface area contributed by atoms with Crippen LogP contribution in [0.25, 0.3) is 0 Å². The van der Waals surface area contributed by atoms with Crippen LogP contribution in [0.5, 0.6) is 5.75 Å². The van der Waals surface area contributed by atoms with Crippen molar-refractivity contribution in [2.24, 2.45) is 11.7 Å². The number of piperidine rings is 1. The number of nitrogens with zero attached hydrogens (tertiary/aromatic N) is 1. The van der Waals surface area contributed by atoms with E-state index in [1.807, 2.05) is 24.3 Å². The molecular weight excluding hydrogens is 366 g/mol. The molecule has 2 aromatic rings. The number of halogens is 1. The van der Waals surface area contributed by atoms with Crippen molar-refractivity contribution in [2.75, 3.05) is 18.0 Å². The standard InChI is InChI=1S/C20H22ClN3O3/c21-15-5-8-18(25)17(10-15)20(27)23-11-13-3-6-16(7-4-13)24-9-1-2-14(12-24)19(22)26/h3-8,10,14,25H,1-2,9,11-12H2,(H2,22,26)(H,23,27)/t14-/m0/s1. The molecule has 1 saturated heterocycles. The highest BCUT2D eigenvalue weighted by Crippen LogP contribution is 2.24. The Hall–Kier alpha value is -2.73. The smallest absolute Gasteiger partial charge is 0.255 e. The molecule has 0 unspecified atom stereocenters. The fraction of sp³-hybridized carbons (Fsp3) is 0.300. The molecule has 1 heterocycles. The number of benzene rings is 2. The normalized spacial score (nSPS) is 16.8. The van der Waals surface area contributed by atoms with Gasteiger partial charge in [0.05, 0.1) is 11.5 Å². The molecule has 27 heavy (non-hydrogen) atoms. The number of carbonyl (C=O) groups is 2. The molecule has 0 bridgehead atoms. The Labute approximate surface area is 162 Å². The summed E-state index contributed by atoms with van der Waals surface area (Å²) in [6.45, 7) is 1.86. The van der Waals surface area contributed by atoms with Gasteiger partial charge in [-0.05, 0) is 48.7 Å². The Morgan fingerprint density at radius 2 is 1.96 bits per heavy atom. The van der Waals surface area contributed by atoms with Gasteiger partial charge in [-0.2, -0.15) is 0 Å². The molecule has 0 spiro atoms. The monoisotopic (exact) mass is 387 g/mol. The molecule has 3 rings (SSSR count). The van der Waals surface area contributed by atoms with E-state index in [0.29, 0.717) is 18.1 Å². The number of nitrogens with one attached hydrogen (secondary N) is 1. The Kier molecular flexibility index (Phi) is 5.86. The maximum atomic E-state index is 12.2. The van der Waals surface area contributed by atoms with E-state index in [1.54, 1.807) is 0 Å². The molecule has 6 nitrogen and oxygen atoms in total. The van der Waals surface area contributed by atoms with Gasteiger partial charge >= 0.3 is 0 Å². The average molecular weight is 388 g/mol. The predicted molar refractivity (Wildman–Crippen MR) is 105 cm³/mol. The molecule has 0 radical (unpaired) electrons. The van der Waals surface area contributed by atoms with E-state index in [-0.39, 0.29) is 29.0 Å². The van der Waals surface area contributed by atoms with Gasteiger partial charge < -0.3 is 21.1 Å². The number of aromatic hydroxyl groups is 1. The van der Waals surface area contributed by atoms with Crippen molar-refractivity contribution in [3.63, 3.8) is 0 Å². The van der Waals surface area contributed by atoms with Crippen molar-refractivity contribution >= 4 is 29.1 Å². The number of rotatable bonds is 5. The summed E-state index contributed by atoms with van der Waals surface area (Å²) in [7, 11) is 0. The molecule has 142 valence electrons. The molecule has 1 aliphatic heterocycles. The van der Waals surface area contributed by atoms with Crippen molar-refractivity contribution in [3.05, 3.63) is 58.6 Å². The van der Waals surface area contributed by atoms with Crippen LogP contribution >= 0.6 is 11.6 Å². The van der Waals surface area contributed by atoms with Gasteiger partial charge in [0.1, 0.15) is 5.75 Å². The summed E-state index contributed by atoms with van der Waals surface area (Å²) < 4.78 is 0. The molecule has 7 heteroatoms. The minimum atomic E-state index is -0.389. The number of phenolic OH excluding ortho intramolecular Hbond substituents is 1. The van der Waals surface area contributed by atoms with Crippen LogP contribution in [0.3, 0.4) is 0 Å². The number of hydrogen-bond donors (Lipinski definition) is 3. The molecule has 2 aromatic carbocycles. The lowest BCUT2D eigenvalue weighted by Gasteiger charge is -2.33. The molecule has 4 N–H and O–H groups in total. The Morgan fingerprint density at radius 3 is 2.67 bits per heavy atom. The van der Waals surface area contributed by atoms with Crippen LogP contribution in [0.1, 0.15) is 28.8 Å². The zero-order chi connectivity index (χ0) is 19.4. The van der Waals surface area contributed by atoms with Gasteiger partial charge in [-0.1, -0.05) is 23.7 Å². The van der Waals surface area contributed by atoms with E-state index < -0.39 is 0 Å². The van der Waals surface area contributed by atoms with Crippen LogP contribution in [-0.4, -0.2) is 30.0 Å². The number of anilines is 1. The third-order valence-electron chi connectivity index (χ3n) is 4.78. The number of primary amides is 1. The number of amides is 2. The lowest BCUT2D eigenvalue weighted by molar-refractivity contribution is -0.122. The molecule has 1 aliphatic rings. The highest BCUT2D eigenvalue weighted by Gasteiger charge is 2.24. The second kappa shape index (κ2) is 8.31. The van der Waals surface area contributed by atoms with Crippen molar-refractivity contribution in [3.8, 4) is 5.75 Å². The van der Waals surface area contributed by atoms with Crippen molar-refractivity contribution in [1.29, 1.82) is 0 Å². The van der Waals surface area contributed by atoms with Gasteiger partial charge in [0, 0.05) is 30.3 Å². The van der Waals surface area contributed by atoms with Gasteiger partial charge in [0.2, 0.25) is 5.91 Å². The van der Waals surface area contributed by atoms with Crippen LogP contribution in [0.2, 0.25) is 5.02 Å². The zero-order valence-corrected chi connectivity index (χ0v) is 15.6. The highest BCUT2D eigenvalue weighted by molar-refractivity contribution is 6.31. The summed E-state index contributed by atoms with van der Waals surface area (Å²) in [5.74, 6) is -0.854. The Morgan fingerprint density at radius 1 is 1.22 bits per heavy atom. The molecule has 1 fully saturated rings. The van der Waals surface area contributed by atoms with Crippen LogP contribution < -0.4 is 16.0 Å². The number of nitrogens with two attached hydrogens (primary N) is 1. The zero-order valence-electron chi connectivity index (χ0n) is 14.8. The van der Waals surface area contributed by atoms with Gasteiger partial charge in [-0.25, -0.2) is 0 Å². The fourth-order valence-electron chi connectivity index (χ4n) is 3.24. The summed E-state index contributed by atoms with van der Waals surface area (Å²) in [5, 5.41) is 12.9. The van der Waals surface area contributed by atoms with E-state index in [0.717, 1.165) is 30.6 Å². The van der Waals surface area contributed by atoms with Gasteiger partial charge in [0.25, 0.3) is 5.91 Å². The molecular formula is C20H22ClN3O3. The Balaban J connectivity index is 1.60. The highest BCUT2D eigenvalue weighted by atomic mass is 35.5. The van der Waals surface area contributed by atoms with E-state index in [4.69, 9.17) is 17.3 Å². The topological polar surface area (TPSA) is 95.7 Å². The van der Waals surface area contributed by atoms with Crippen LogP contribution in [0.15, 0.2) is 42.5 Å². The van der Waals surface area contributed by atoms with Gasteiger partial charge in [-0.15, -0.1) is 0 Å². The third-order valence-corrected chi connectivity index (χ3v) is 5.02. The summed E-state index contributed by atoms with van der Waals surface area (Å²) >= 11 is 5.87. The number of hydrogen-bond acceptors (Lipinski definition) is 4. The first-order chi connectivity index (χ1) is 12.9. The minimum absolute atomic E-state index is 0.108. The lowest BCUT2D eigenvalue weighted by Crippen LogP contribution is -2.41. The average Bonchev–Trinajstić information content (AvgIpc) is 2.68. The maximum Gasteiger partial charge on any atom is 0.255 e. The van der Waals surface area contributed by atoms with E-state index in [1.165, 1.54) is 18.2 Å². The van der Waals surface area contributed by atoms with Crippen molar-refractivity contribution < 1.29 is 14.7 Å². The quantitative estimate of drug-likeness (QED) is 0.734. The molecule has 0 saturated carbocycles. The van der Waals surface area contributed by atoms with Crippen molar-refractivity contribution in [2.45, 2.75) is 19.4 Å². The summed E-state index contributed by atoms with van der Waals surface area (Å²) in [5.41, 5.74) is 7.54. The van der Waals surface area contributed by atoms with E-state index >= 15 is 0 Å². The first-order valence-electron chi connectivity index (χ1n) is 8.84. The second-order valence-electron chi connectivity index (χ2n) is 6.70. The minimum Gasteiger partial charge on any atom is -0.507 e. The predicted octanol–water partition coefficient (Wildman–Crippen LogP) is 2.68. The maximum absolute atomic E-state index is 12.2. The summed E-state index contributed by atoms with van der Waals surface area (Å²) in [6.07, 6.45) is 1.78. The largest absolute Gasteiger partial charge is 0.507 e. The molecule has 2 amide bonds. The van der Waals surface area contributed by atoms with Crippen LogP contribution in [0.4, 0.5) is 5.69 Å². The Bertz CT molecular complexity index is 839. The second-order valence-corrected chi connectivity index (χ2v) is 7.13. The van der Waals surface area contributed by atoms with Gasteiger partial charge in [-0.3, -0.25) is 9.59 Å².